The molecule has 1 aromatic rings. The van der Waals surface area contributed by atoms with Gasteiger partial charge in [0, 0.05) is 6.04 Å². The molecule has 0 saturated carbocycles. The van der Waals surface area contributed by atoms with Crippen LogP contribution in [0.1, 0.15) is 33.3 Å². The molecule has 1 aliphatic rings. The molecule has 0 radical (unpaired) electrons. The fourth-order valence-electron chi connectivity index (χ4n) is 2.73. The van der Waals surface area contributed by atoms with Gasteiger partial charge in [0.05, 0.1) is 0 Å². The summed E-state index contributed by atoms with van der Waals surface area (Å²) in [5.41, 5.74) is 0.0494. The lowest BCUT2D eigenvalue weighted by Crippen LogP contribution is -2.69. The highest BCUT2D eigenvalue weighted by Gasteiger charge is 2.44. The summed E-state index contributed by atoms with van der Waals surface area (Å²) >= 11 is 0. The summed E-state index contributed by atoms with van der Waals surface area (Å²) in [5.74, 6) is -0.524. The van der Waals surface area contributed by atoms with E-state index in [2.05, 4.69) is 5.32 Å². The SMILES string of the molecule is CC(Cc1ccc(F)cc1)N1C(=O)C(C)(C)NC(=O)C1C. The van der Waals surface area contributed by atoms with Gasteiger partial charge in [-0.1, -0.05) is 12.1 Å². The van der Waals surface area contributed by atoms with Crippen LogP contribution < -0.4 is 5.32 Å². The van der Waals surface area contributed by atoms with Gasteiger partial charge in [0.25, 0.3) is 0 Å². The smallest absolute Gasteiger partial charge is 0.248 e. The lowest BCUT2D eigenvalue weighted by molar-refractivity contribution is -0.155. The zero-order chi connectivity index (χ0) is 15.8. The molecule has 1 aliphatic heterocycles. The monoisotopic (exact) mass is 292 g/mol. The third-order valence-corrected chi connectivity index (χ3v) is 3.92. The molecule has 2 rings (SSSR count). The van der Waals surface area contributed by atoms with Crippen LogP contribution in [0.25, 0.3) is 0 Å². The number of piperazine rings is 1. The molecule has 1 N–H and O–H groups in total. The number of hydrogen-bond donors (Lipinski definition) is 1. The number of carbonyl (C=O) groups excluding carboxylic acids is 2. The first-order chi connectivity index (χ1) is 9.72. The lowest BCUT2D eigenvalue weighted by atomic mass is 9.94. The van der Waals surface area contributed by atoms with Crippen LogP contribution in [0.2, 0.25) is 0 Å². The minimum atomic E-state index is -0.888. The zero-order valence-electron chi connectivity index (χ0n) is 12.8. The van der Waals surface area contributed by atoms with E-state index in [-0.39, 0.29) is 23.7 Å². The van der Waals surface area contributed by atoms with Gasteiger partial charge in [-0.2, -0.15) is 0 Å². The van der Waals surface area contributed by atoms with Gasteiger partial charge >= 0.3 is 0 Å². The number of benzene rings is 1. The van der Waals surface area contributed by atoms with Crippen LogP contribution in [0.3, 0.4) is 0 Å². The molecule has 0 aromatic heterocycles. The van der Waals surface area contributed by atoms with Crippen molar-refractivity contribution in [1.29, 1.82) is 0 Å². The van der Waals surface area contributed by atoms with Crippen LogP contribution in [0.4, 0.5) is 4.39 Å². The molecule has 1 saturated heterocycles. The topological polar surface area (TPSA) is 49.4 Å². The van der Waals surface area contributed by atoms with E-state index in [0.717, 1.165) is 5.56 Å². The third-order valence-electron chi connectivity index (χ3n) is 3.92. The first-order valence-electron chi connectivity index (χ1n) is 7.11. The number of halogens is 1. The second-order valence-electron chi connectivity index (χ2n) is 6.18. The quantitative estimate of drug-likeness (QED) is 0.925. The van der Waals surface area contributed by atoms with Gasteiger partial charge in [-0.15, -0.1) is 0 Å². The second kappa shape index (κ2) is 5.47. The molecular formula is C16H21FN2O2. The van der Waals surface area contributed by atoms with Crippen LogP contribution >= 0.6 is 0 Å². The van der Waals surface area contributed by atoms with E-state index in [1.54, 1.807) is 37.8 Å². The number of amides is 2. The van der Waals surface area contributed by atoms with Gasteiger partial charge in [-0.3, -0.25) is 9.59 Å². The van der Waals surface area contributed by atoms with Crippen molar-refractivity contribution in [3.8, 4) is 0 Å². The van der Waals surface area contributed by atoms with Gasteiger partial charge in [-0.25, -0.2) is 4.39 Å². The van der Waals surface area contributed by atoms with E-state index in [0.29, 0.717) is 6.42 Å². The Balaban J connectivity index is 2.19. The molecular weight excluding hydrogens is 271 g/mol. The van der Waals surface area contributed by atoms with Gasteiger partial charge in [0.1, 0.15) is 17.4 Å². The minimum Gasteiger partial charge on any atom is -0.340 e. The van der Waals surface area contributed by atoms with Crippen molar-refractivity contribution >= 4 is 11.8 Å². The molecule has 5 heteroatoms. The Hall–Kier alpha value is -1.91. The van der Waals surface area contributed by atoms with Crippen LogP contribution in [0.15, 0.2) is 24.3 Å². The Labute approximate surface area is 124 Å². The van der Waals surface area contributed by atoms with Crippen molar-refractivity contribution < 1.29 is 14.0 Å². The van der Waals surface area contributed by atoms with E-state index >= 15 is 0 Å². The molecule has 1 aromatic carbocycles. The average molecular weight is 292 g/mol. The predicted molar refractivity (Wildman–Crippen MR) is 78.1 cm³/mol. The molecule has 2 amide bonds. The van der Waals surface area contributed by atoms with Gasteiger partial charge in [0.2, 0.25) is 11.8 Å². The van der Waals surface area contributed by atoms with Crippen molar-refractivity contribution in [2.75, 3.05) is 0 Å². The molecule has 2 unspecified atom stereocenters. The van der Waals surface area contributed by atoms with Gasteiger partial charge < -0.3 is 10.2 Å². The summed E-state index contributed by atoms with van der Waals surface area (Å²) in [6.07, 6.45) is 0.583. The number of rotatable bonds is 3. The van der Waals surface area contributed by atoms with Crippen molar-refractivity contribution in [1.82, 2.24) is 10.2 Å². The normalized spacial score (nSPS) is 22.9. The summed E-state index contributed by atoms with van der Waals surface area (Å²) in [5, 5.41) is 2.73. The number of nitrogens with zero attached hydrogens (tertiary/aromatic N) is 1. The molecule has 114 valence electrons. The Morgan fingerprint density at radius 3 is 2.43 bits per heavy atom. The third kappa shape index (κ3) is 3.06. The maximum Gasteiger partial charge on any atom is 0.248 e. The summed E-state index contributed by atoms with van der Waals surface area (Å²) in [6.45, 7) is 7.05. The first-order valence-corrected chi connectivity index (χ1v) is 7.11. The Bertz CT molecular complexity index is 554. The maximum atomic E-state index is 12.9. The fourth-order valence-corrected chi connectivity index (χ4v) is 2.73. The van der Waals surface area contributed by atoms with Crippen molar-refractivity contribution in [2.45, 2.75) is 51.7 Å². The van der Waals surface area contributed by atoms with Crippen molar-refractivity contribution in [3.05, 3.63) is 35.6 Å². The molecule has 4 nitrogen and oxygen atoms in total. The molecule has 1 fully saturated rings. The van der Waals surface area contributed by atoms with Crippen LogP contribution in [-0.2, 0) is 16.0 Å². The highest BCUT2D eigenvalue weighted by Crippen LogP contribution is 2.22. The first kappa shape index (κ1) is 15.5. The summed E-state index contributed by atoms with van der Waals surface area (Å²) in [4.78, 5) is 26.2. The van der Waals surface area contributed by atoms with Crippen molar-refractivity contribution in [2.24, 2.45) is 0 Å². The summed E-state index contributed by atoms with van der Waals surface area (Å²) in [7, 11) is 0. The molecule has 2 atom stereocenters. The highest BCUT2D eigenvalue weighted by atomic mass is 19.1. The Kier molecular flexibility index (Phi) is 4.03. The zero-order valence-corrected chi connectivity index (χ0v) is 12.8. The van der Waals surface area contributed by atoms with Crippen LogP contribution in [-0.4, -0.2) is 34.3 Å². The predicted octanol–water partition coefficient (Wildman–Crippen LogP) is 1.88. The van der Waals surface area contributed by atoms with Gasteiger partial charge in [0.15, 0.2) is 0 Å². The van der Waals surface area contributed by atoms with Crippen LogP contribution in [0, 0.1) is 5.82 Å². The Morgan fingerprint density at radius 1 is 1.29 bits per heavy atom. The maximum absolute atomic E-state index is 12.9. The van der Waals surface area contributed by atoms with Gasteiger partial charge in [-0.05, 0) is 51.8 Å². The summed E-state index contributed by atoms with van der Waals surface area (Å²) in [6, 6.07) is 5.58. The molecule has 1 heterocycles. The average Bonchev–Trinajstić information content (AvgIpc) is 2.39. The number of nitrogens with one attached hydrogen (secondary N) is 1. The number of carbonyl (C=O) groups is 2. The fraction of sp³-hybridized carbons (Fsp3) is 0.500. The van der Waals surface area contributed by atoms with E-state index in [1.807, 2.05) is 6.92 Å². The Morgan fingerprint density at radius 2 is 1.86 bits per heavy atom. The lowest BCUT2D eigenvalue weighted by Gasteiger charge is -2.44. The largest absolute Gasteiger partial charge is 0.340 e. The second-order valence-corrected chi connectivity index (χ2v) is 6.18. The van der Waals surface area contributed by atoms with Crippen LogP contribution in [0.5, 0.6) is 0 Å². The highest BCUT2D eigenvalue weighted by molar-refractivity contribution is 5.99. The molecule has 0 bridgehead atoms. The summed E-state index contributed by atoms with van der Waals surface area (Å²) < 4.78 is 12.9. The van der Waals surface area contributed by atoms with E-state index in [1.165, 1.54) is 12.1 Å². The molecule has 0 spiro atoms. The van der Waals surface area contributed by atoms with E-state index < -0.39 is 11.6 Å². The van der Waals surface area contributed by atoms with Crippen molar-refractivity contribution in [3.63, 3.8) is 0 Å². The number of hydrogen-bond acceptors (Lipinski definition) is 2. The standard InChI is InChI=1S/C16H21FN2O2/c1-10(9-12-5-7-13(17)8-6-12)19-11(2)14(20)18-16(3,4)15(19)21/h5-8,10-11H,9H2,1-4H3,(H,18,20). The minimum absolute atomic E-state index is 0.0933. The molecule has 0 aliphatic carbocycles. The molecule has 21 heavy (non-hydrogen) atoms. The van der Waals surface area contributed by atoms with E-state index in [4.69, 9.17) is 0 Å². The van der Waals surface area contributed by atoms with E-state index in [9.17, 15) is 14.0 Å².